The lowest BCUT2D eigenvalue weighted by Crippen LogP contribution is -2.11. The van der Waals surface area contributed by atoms with Crippen LogP contribution >= 0.6 is 0 Å². The summed E-state index contributed by atoms with van der Waals surface area (Å²) in [6.07, 6.45) is 1.73. The number of benzene rings is 1. The summed E-state index contributed by atoms with van der Waals surface area (Å²) in [4.78, 5) is 11.4. The number of ketones is 1. The van der Waals surface area contributed by atoms with Crippen LogP contribution in [0.15, 0.2) is 24.3 Å². The Morgan fingerprint density at radius 3 is 2.93 bits per heavy atom. The Labute approximate surface area is 89.5 Å². The van der Waals surface area contributed by atoms with Crippen LogP contribution in [-0.4, -0.2) is 19.4 Å². The molecule has 15 heavy (non-hydrogen) atoms. The van der Waals surface area contributed by atoms with Crippen LogP contribution in [0.4, 0.5) is 4.39 Å². The van der Waals surface area contributed by atoms with Crippen molar-refractivity contribution in [3.8, 4) is 0 Å². The molecule has 0 fully saturated rings. The van der Waals surface area contributed by atoms with E-state index in [0.717, 1.165) is 18.5 Å². The molecule has 0 amide bonds. The lowest BCUT2D eigenvalue weighted by Gasteiger charge is -2.01. The maximum Gasteiger partial charge on any atom is 0.137 e. The van der Waals surface area contributed by atoms with Gasteiger partial charge in [0, 0.05) is 12.8 Å². The number of rotatable bonds is 6. The molecule has 0 saturated heterocycles. The molecule has 0 radical (unpaired) electrons. The number of hydrogen-bond acceptors (Lipinski definition) is 2. The summed E-state index contributed by atoms with van der Waals surface area (Å²) in [5.41, 5.74) is 0.754. The van der Waals surface area contributed by atoms with E-state index in [2.05, 4.69) is 5.32 Å². The Kier molecular flexibility index (Phi) is 4.98. The van der Waals surface area contributed by atoms with E-state index in [4.69, 9.17) is 0 Å². The van der Waals surface area contributed by atoms with Gasteiger partial charge in [0.2, 0.25) is 0 Å². The van der Waals surface area contributed by atoms with Gasteiger partial charge in [-0.1, -0.05) is 12.1 Å². The Hall–Kier alpha value is -1.22. The molecule has 0 aromatic heterocycles. The highest BCUT2D eigenvalue weighted by Crippen LogP contribution is 2.06. The first-order chi connectivity index (χ1) is 7.22. The van der Waals surface area contributed by atoms with Crippen molar-refractivity contribution in [1.29, 1.82) is 0 Å². The standard InChI is InChI=1S/C12H16FNO/c1-14-7-3-6-12(15)9-10-4-2-5-11(13)8-10/h2,4-5,8,14H,3,6-7,9H2,1H3. The average Bonchev–Trinajstić information content (AvgIpc) is 2.18. The monoisotopic (exact) mass is 209 g/mol. The van der Waals surface area contributed by atoms with Crippen LogP contribution in [0.1, 0.15) is 18.4 Å². The van der Waals surface area contributed by atoms with Gasteiger partial charge in [-0.3, -0.25) is 4.79 Å². The fraction of sp³-hybridized carbons (Fsp3) is 0.417. The molecule has 0 aliphatic carbocycles. The van der Waals surface area contributed by atoms with Crippen molar-refractivity contribution >= 4 is 5.78 Å². The lowest BCUT2D eigenvalue weighted by molar-refractivity contribution is -0.118. The normalized spacial score (nSPS) is 10.3. The van der Waals surface area contributed by atoms with E-state index < -0.39 is 0 Å². The van der Waals surface area contributed by atoms with Crippen molar-refractivity contribution in [3.05, 3.63) is 35.6 Å². The van der Waals surface area contributed by atoms with Crippen LogP contribution in [-0.2, 0) is 11.2 Å². The van der Waals surface area contributed by atoms with Gasteiger partial charge in [-0.15, -0.1) is 0 Å². The van der Waals surface area contributed by atoms with Gasteiger partial charge in [-0.25, -0.2) is 4.39 Å². The number of nitrogens with one attached hydrogen (secondary N) is 1. The van der Waals surface area contributed by atoms with Crippen molar-refractivity contribution < 1.29 is 9.18 Å². The van der Waals surface area contributed by atoms with Gasteiger partial charge < -0.3 is 5.32 Å². The zero-order valence-electron chi connectivity index (χ0n) is 8.92. The summed E-state index contributed by atoms with van der Waals surface area (Å²) in [5, 5.41) is 2.98. The van der Waals surface area contributed by atoms with E-state index in [1.807, 2.05) is 7.05 Å². The first-order valence-electron chi connectivity index (χ1n) is 5.13. The third-order valence-electron chi connectivity index (χ3n) is 2.17. The third kappa shape index (κ3) is 4.70. The van der Waals surface area contributed by atoms with Crippen LogP contribution in [0.5, 0.6) is 0 Å². The average molecular weight is 209 g/mol. The molecule has 1 aromatic rings. The second-order valence-electron chi connectivity index (χ2n) is 3.55. The molecule has 0 heterocycles. The minimum absolute atomic E-state index is 0.163. The van der Waals surface area contributed by atoms with Gasteiger partial charge in [0.05, 0.1) is 0 Å². The molecule has 1 aromatic carbocycles. The smallest absolute Gasteiger partial charge is 0.137 e. The molecule has 82 valence electrons. The zero-order valence-corrected chi connectivity index (χ0v) is 8.92. The molecular formula is C12H16FNO. The van der Waals surface area contributed by atoms with Gasteiger partial charge in [0.25, 0.3) is 0 Å². The van der Waals surface area contributed by atoms with Crippen LogP contribution in [0.25, 0.3) is 0 Å². The predicted molar refractivity (Wildman–Crippen MR) is 58.3 cm³/mol. The highest BCUT2D eigenvalue weighted by atomic mass is 19.1. The number of carbonyl (C=O) groups is 1. The van der Waals surface area contributed by atoms with Crippen LogP contribution in [0.3, 0.4) is 0 Å². The molecule has 3 heteroatoms. The molecule has 0 unspecified atom stereocenters. The van der Waals surface area contributed by atoms with Crippen molar-refractivity contribution in [3.63, 3.8) is 0 Å². The molecule has 0 atom stereocenters. The van der Waals surface area contributed by atoms with Crippen LogP contribution in [0, 0.1) is 5.82 Å². The van der Waals surface area contributed by atoms with Gasteiger partial charge >= 0.3 is 0 Å². The molecule has 0 aliphatic rings. The van der Waals surface area contributed by atoms with E-state index in [9.17, 15) is 9.18 Å². The van der Waals surface area contributed by atoms with Gasteiger partial charge in [0.15, 0.2) is 0 Å². The molecule has 2 nitrogen and oxygen atoms in total. The summed E-state index contributed by atoms with van der Waals surface area (Å²) >= 11 is 0. The number of hydrogen-bond donors (Lipinski definition) is 1. The van der Waals surface area contributed by atoms with Crippen molar-refractivity contribution in [2.24, 2.45) is 0 Å². The molecular weight excluding hydrogens is 193 g/mol. The summed E-state index contributed by atoms with van der Waals surface area (Å²) < 4.78 is 12.8. The Morgan fingerprint density at radius 2 is 2.27 bits per heavy atom. The number of carbonyl (C=O) groups excluding carboxylic acids is 1. The minimum atomic E-state index is -0.282. The minimum Gasteiger partial charge on any atom is -0.320 e. The SMILES string of the molecule is CNCCCC(=O)Cc1cccc(F)c1. The fourth-order valence-corrected chi connectivity index (χ4v) is 1.43. The van der Waals surface area contributed by atoms with E-state index in [1.165, 1.54) is 12.1 Å². The van der Waals surface area contributed by atoms with Gasteiger partial charge in [-0.05, 0) is 37.7 Å². The van der Waals surface area contributed by atoms with Crippen molar-refractivity contribution in [1.82, 2.24) is 5.32 Å². The van der Waals surface area contributed by atoms with Crippen molar-refractivity contribution in [2.75, 3.05) is 13.6 Å². The summed E-state index contributed by atoms with van der Waals surface area (Å²) in [5.74, 6) is -0.119. The lowest BCUT2D eigenvalue weighted by atomic mass is 10.1. The quantitative estimate of drug-likeness (QED) is 0.725. The molecule has 1 N–H and O–H groups in total. The van der Waals surface area contributed by atoms with Gasteiger partial charge in [0.1, 0.15) is 11.6 Å². The highest BCUT2D eigenvalue weighted by Gasteiger charge is 2.03. The molecule has 0 spiro atoms. The van der Waals surface area contributed by atoms with E-state index in [-0.39, 0.29) is 11.6 Å². The molecule has 0 bridgehead atoms. The Bertz CT molecular complexity index is 325. The first-order valence-corrected chi connectivity index (χ1v) is 5.13. The highest BCUT2D eigenvalue weighted by molar-refractivity contribution is 5.80. The first kappa shape index (κ1) is 11.9. The van der Waals surface area contributed by atoms with E-state index in [0.29, 0.717) is 12.8 Å². The predicted octanol–water partition coefficient (Wildman–Crippen LogP) is 1.94. The molecule has 0 saturated carbocycles. The second-order valence-corrected chi connectivity index (χ2v) is 3.55. The third-order valence-corrected chi connectivity index (χ3v) is 2.17. The van der Waals surface area contributed by atoms with Gasteiger partial charge in [-0.2, -0.15) is 0 Å². The van der Waals surface area contributed by atoms with E-state index in [1.54, 1.807) is 12.1 Å². The maximum absolute atomic E-state index is 12.8. The number of Topliss-reactive ketones (excluding diaryl/α,β-unsaturated/α-hetero) is 1. The topological polar surface area (TPSA) is 29.1 Å². The summed E-state index contributed by atoms with van der Waals surface area (Å²) in [7, 11) is 1.86. The van der Waals surface area contributed by atoms with Crippen LogP contribution < -0.4 is 5.32 Å². The maximum atomic E-state index is 12.8. The fourth-order valence-electron chi connectivity index (χ4n) is 1.43. The molecule has 0 aliphatic heterocycles. The largest absolute Gasteiger partial charge is 0.320 e. The van der Waals surface area contributed by atoms with Crippen LogP contribution in [0.2, 0.25) is 0 Å². The Morgan fingerprint density at radius 1 is 1.47 bits per heavy atom. The zero-order chi connectivity index (χ0) is 11.1. The summed E-state index contributed by atoms with van der Waals surface area (Å²) in [6, 6.07) is 6.20. The number of halogens is 1. The molecule has 1 rings (SSSR count). The van der Waals surface area contributed by atoms with Crippen molar-refractivity contribution in [2.45, 2.75) is 19.3 Å². The second kappa shape index (κ2) is 6.30. The summed E-state index contributed by atoms with van der Waals surface area (Å²) in [6.45, 7) is 0.842. The Balaban J connectivity index is 2.37. The van der Waals surface area contributed by atoms with E-state index >= 15 is 0 Å².